The Morgan fingerprint density at radius 2 is 2.40 bits per heavy atom. The van der Waals surface area contributed by atoms with Crippen molar-refractivity contribution in [2.75, 3.05) is 5.32 Å². The molecule has 1 rings (SSSR count). The molecule has 0 aliphatic rings. The Balaban J connectivity index is 2.52. The van der Waals surface area contributed by atoms with E-state index in [2.05, 4.69) is 10.3 Å². The maximum absolute atomic E-state index is 11.3. The lowest BCUT2D eigenvalue weighted by molar-refractivity contribution is -0.138. The molecule has 1 aromatic heterocycles. The van der Waals surface area contributed by atoms with Crippen molar-refractivity contribution in [2.45, 2.75) is 19.4 Å². The molecule has 7 heteroatoms. The van der Waals surface area contributed by atoms with Crippen LogP contribution in [0.2, 0.25) is 0 Å². The molecular formula is C8H11N3O3S. The standard InChI is InChI=1S/C8H11N3O3S/c1-4-3-10-8(15-4)11-7(14)5(9)2-6(12)13/h3,5H,2,9H2,1H3,(H,12,13)(H,10,11,14). The number of thiazole rings is 1. The van der Waals surface area contributed by atoms with Crippen LogP contribution >= 0.6 is 11.3 Å². The molecule has 1 heterocycles. The van der Waals surface area contributed by atoms with E-state index in [1.165, 1.54) is 11.3 Å². The van der Waals surface area contributed by atoms with Crippen LogP contribution in [-0.4, -0.2) is 28.0 Å². The zero-order valence-corrected chi connectivity index (χ0v) is 8.87. The fourth-order valence-electron chi connectivity index (χ4n) is 0.891. The molecule has 82 valence electrons. The molecule has 0 spiro atoms. The number of aromatic nitrogens is 1. The number of hydrogen-bond acceptors (Lipinski definition) is 5. The van der Waals surface area contributed by atoms with Gasteiger partial charge in [-0.1, -0.05) is 0 Å². The number of carboxylic acid groups (broad SMARTS) is 1. The zero-order chi connectivity index (χ0) is 11.4. The molecular weight excluding hydrogens is 218 g/mol. The first-order valence-electron chi connectivity index (χ1n) is 4.19. The van der Waals surface area contributed by atoms with Crippen molar-refractivity contribution in [3.8, 4) is 0 Å². The molecule has 15 heavy (non-hydrogen) atoms. The highest BCUT2D eigenvalue weighted by atomic mass is 32.1. The second-order valence-corrected chi connectivity index (χ2v) is 4.20. The van der Waals surface area contributed by atoms with Crippen molar-refractivity contribution in [3.05, 3.63) is 11.1 Å². The van der Waals surface area contributed by atoms with Crippen molar-refractivity contribution in [1.82, 2.24) is 4.98 Å². The number of amides is 1. The summed E-state index contributed by atoms with van der Waals surface area (Å²) in [5.41, 5.74) is 5.36. The first-order chi connectivity index (χ1) is 6.99. The van der Waals surface area contributed by atoms with Crippen LogP contribution in [0.3, 0.4) is 0 Å². The molecule has 0 saturated heterocycles. The molecule has 6 nitrogen and oxygen atoms in total. The normalized spacial score (nSPS) is 12.1. The van der Waals surface area contributed by atoms with Crippen molar-refractivity contribution in [3.63, 3.8) is 0 Å². The SMILES string of the molecule is Cc1cnc(NC(=O)C(N)CC(=O)O)s1. The summed E-state index contributed by atoms with van der Waals surface area (Å²) in [6.07, 6.45) is 1.22. The summed E-state index contributed by atoms with van der Waals surface area (Å²) < 4.78 is 0. The van der Waals surface area contributed by atoms with Gasteiger partial charge in [-0.25, -0.2) is 4.98 Å². The minimum Gasteiger partial charge on any atom is -0.481 e. The molecule has 4 N–H and O–H groups in total. The van der Waals surface area contributed by atoms with E-state index < -0.39 is 24.3 Å². The molecule has 1 unspecified atom stereocenters. The monoisotopic (exact) mass is 229 g/mol. The van der Waals surface area contributed by atoms with Crippen LogP contribution in [-0.2, 0) is 9.59 Å². The summed E-state index contributed by atoms with van der Waals surface area (Å²) in [6, 6.07) is -1.05. The summed E-state index contributed by atoms with van der Waals surface area (Å²) in [7, 11) is 0. The maximum atomic E-state index is 11.3. The number of carbonyl (C=O) groups is 2. The van der Waals surface area contributed by atoms with Gasteiger partial charge < -0.3 is 16.2 Å². The molecule has 0 aromatic carbocycles. The number of carbonyl (C=O) groups excluding carboxylic acids is 1. The zero-order valence-electron chi connectivity index (χ0n) is 8.06. The van der Waals surface area contributed by atoms with Gasteiger partial charge >= 0.3 is 5.97 Å². The van der Waals surface area contributed by atoms with Gasteiger partial charge in [-0.2, -0.15) is 0 Å². The van der Waals surface area contributed by atoms with Crippen molar-refractivity contribution in [1.29, 1.82) is 0 Å². The minimum absolute atomic E-state index is 0.393. The quantitative estimate of drug-likeness (QED) is 0.683. The van der Waals surface area contributed by atoms with Crippen LogP contribution < -0.4 is 11.1 Å². The lowest BCUT2D eigenvalue weighted by Gasteiger charge is -2.07. The van der Waals surface area contributed by atoms with Crippen LogP contribution in [0.25, 0.3) is 0 Å². The predicted molar refractivity (Wildman–Crippen MR) is 55.7 cm³/mol. The van der Waals surface area contributed by atoms with Gasteiger partial charge in [0.1, 0.15) is 0 Å². The number of aryl methyl sites for hydroxylation is 1. The molecule has 0 aliphatic carbocycles. The number of carboxylic acids is 1. The van der Waals surface area contributed by atoms with Crippen molar-refractivity contribution < 1.29 is 14.7 Å². The van der Waals surface area contributed by atoms with Gasteiger partial charge in [-0.05, 0) is 6.92 Å². The number of nitrogens with one attached hydrogen (secondary N) is 1. The van der Waals surface area contributed by atoms with E-state index in [0.29, 0.717) is 5.13 Å². The maximum Gasteiger partial charge on any atom is 0.305 e. The summed E-state index contributed by atoms with van der Waals surface area (Å²) >= 11 is 1.31. The van der Waals surface area contributed by atoms with E-state index >= 15 is 0 Å². The first kappa shape index (κ1) is 11.6. The fourth-order valence-corrected chi connectivity index (χ4v) is 1.56. The largest absolute Gasteiger partial charge is 0.481 e. The van der Waals surface area contributed by atoms with E-state index in [9.17, 15) is 9.59 Å². The number of nitrogens with zero attached hydrogens (tertiary/aromatic N) is 1. The average Bonchev–Trinajstić information content (AvgIpc) is 2.50. The Morgan fingerprint density at radius 1 is 1.73 bits per heavy atom. The highest BCUT2D eigenvalue weighted by molar-refractivity contribution is 7.15. The summed E-state index contributed by atoms with van der Waals surface area (Å²) in [6.45, 7) is 1.85. The van der Waals surface area contributed by atoms with Gasteiger partial charge in [0.25, 0.3) is 0 Å². The van der Waals surface area contributed by atoms with E-state index in [-0.39, 0.29) is 0 Å². The third-order valence-electron chi connectivity index (χ3n) is 1.58. The molecule has 1 amide bonds. The molecule has 0 radical (unpaired) electrons. The van der Waals surface area contributed by atoms with E-state index in [1.807, 2.05) is 6.92 Å². The second kappa shape index (κ2) is 4.85. The third-order valence-corrected chi connectivity index (χ3v) is 2.41. The first-order valence-corrected chi connectivity index (χ1v) is 5.01. The second-order valence-electron chi connectivity index (χ2n) is 2.97. The van der Waals surface area contributed by atoms with Crippen molar-refractivity contribution >= 4 is 28.3 Å². The van der Waals surface area contributed by atoms with Gasteiger partial charge in [-0.3, -0.25) is 9.59 Å². The summed E-state index contributed by atoms with van der Waals surface area (Å²) in [4.78, 5) is 26.5. The summed E-state index contributed by atoms with van der Waals surface area (Å²) in [5.74, 6) is -1.64. The highest BCUT2D eigenvalue weighted by Crippen LogP contribution is 2.16. The van der Waals surface area contributed by atoms with Crippen molar-refractivity contribution in [2.24, 2.45) is 5.73 Å². The van der Waals surface area contributed by atoms with E-state index in [4.69, 9.17) is 10.8 Å². The smallest absolute Gasteiger partial charge is 0.305 e. The number of nitrogens with two attached hydrogens (primary N) is 1. The van der Waals surface area contributed by atoms with Gasteiger partial charge in [0.05, 0.1) is 12.5 Å². The molecule has 0 bridgehead atoms. The molecule has 0 saturated carbocycles. The third kappa shape index (κ3) is 3.64. The predicted octanol–water partition coefficient (Wildman–Crippen LogP) is 0.192. The Kier molecular flexibility index (Phi) is 3.75. The molecule has 0 fully saturated rings. The van der Waals surface area contributed by atoms with E-state index in [0.717, 1.165) is 4.88 Å². The molecule has 0 aliphatic heterocycles. The number of hydrogen-bond donors (Lipinski definition) is 3. The Bertz CT molecular complexity index is 377. The van der Waals surface area contributed by atoms with Gasteiger partial charge in [0.15, 0.2) is 5.13 Å². The van der Waals surface area contributed by atoms with E-state index in [1.54, 1.807) is 6.20 Å². The molecule has 1 atom stereocenters. The molecule has 1 aromatic rings. The van der Waals surface area contributed by atoms with Gasteiger partial charge in [0.2, 0.25) is 5.91 Å². The van der Waals surface area contributed by atoms with Gasteiger partial charge in [-0.15, -0.1) is 11.3 Å². The Morgan fingerprint density at radius 3 is 2.87 bits per heavy atom. The van der Waals surface area contributed by atoms with Crippen LogP contribution in [0.4, 0.5) is 5.13 Å². The van der Waals surface area contributed by atoms with Gasteiger partial charge in [0, 0.05) is 11.1 Å². The fraction of sp³-hybridized carbons (Fsp3) is 0.375. The minimum atomic E-state index is -1.10. The number of anilines is 1. The van der Waals surface area contributed by atoms with Crippen LogP contribution in [0.15, 0.2) is 6.20 Å². The highest BCUT2D eigenvalue weighted by Gasteiger charge is 2.17. The summed E-state index contributed by atoms with van der Waals surface area (Å²) in [5, 5.41) is 11.3. The van der Waals surface area contributed by atoms with Crippen LogP contribution in [0.5, 0.6) is 0 Å². The van der Waals surface area contributed by atoms with Crippen LogP contribution in [0, 0.1) is 6.92 Å². The number of aliphatic carboxylic acids is 1. The topological polar surface area (TPSA) is 105 Å². The van der Waals surface area contributed by atoms with Crippen LogP contribution in [0.1, 0.15) is 11.3 Å². The average molecular weight is 229 g/mol. The lowest BCUT2D eigenvalue weighted by atomic mass is 10.2. The Labute approximate surface area is 90.1 Å². The Hall–Kier alpha value is -1.47. The lowest BCUT2D eigenvalue weighted by Crippen LogP contribution is -2.37. The number of rotatable bonds is 4.